The molecule has 5 aromatic rings. The van der Waals surface area contributed by atoms with Gasteiger partial charge in [0.25, 0.3) is 5.56 Å². The van der Waals surface area contributed by atoms with Crippen molar-refractivity contribution in [3.8, 4) is 17.2 Å². The molecule has 0 aliphatic heterocycles. The number of benzene rings is 3. The van der Waals surface area contributed by atoms with E-state index in [9.17, 15) is 14.4 Å². The number of thiophene rings is 1. The Morgan fingerprint density at radius 3 is 2.22 bits per heavy atom. The molecule has 0 fully saturated rings. The van der Waals surface area contributed by atoms with Crippen LogP contribution in [-0.2, 0) is 9.53 Å². The normalized spacial score (nSPS) is 11.6. The Morgan fingerprint density at radius 1 is 0.902 bits per heavy atom. The summed E-state index contributed by atoms with van der Waals surface area (Å²) in [5.74, 6) is 1.06. The number of ether oxygens (including phenoxy) is 3. The van der Waals surface area contributed by atoms with Crippen LogP contribution in [-0.4, -0.2) is 34.6 Å². The topological polar surface area (TPSA) is 109 Å². The summed E-state index contributed by atoms with van der Waals surface area (Å²) < 4.78 is 18.0. The molecule has 0 saturated carbocycles. The zero-order valence-corrected chi connectivity index (χ0v) is 23.2. The lowest BCUT2D eigenvalue weighted by molar-refractivity contribution is -0.118. The molecule has 1 N–H and O–H groups in total. The Morgan fingerprint density at radius 2 is 1.54 bits per heavy atom. The first-order valence-electron chi connectivity index (χ1n) is 12.9. The summed E-state index contributed by atoms with van der Waals surface area (Å²) in [4.78, 5) is 44.2. The number of aromatic nitrogens is 2. The van der Waals surface area contributed by atoms with Crippen molar-refractivity contribution in [2.45, 2.75) is 19.9 Å². The van der Waals surface area contributed by atoms with Crippen LogP contribution in [0.4, 0.5) is 5.69 Å². The van der Waals surface area contributed by atoms with Gasteiger partial charge < -0.3 is 19.5 Å². The molecular formula is C31H27N3O6S. The van der Waals surface area contributed by atoms with E-state index in [0.29, 0.717) is 33.3 Å². The van der Waals surface area contributed by atoms with E-state index in [1.54, 1.807) is 38.1 Å². The predicted molar refractivity (Wildman–Crippen MR) is 157 cm³/mol. The zero-order valence-electron chi connectivity index (χ0n) is 22.4. The Hall–Kier alpha value is -4.96. The second-order valence-corrected chi connectivity index (χ2v) is 10.1. The minimum absolute atomic E-state index is 0.0512. The molecule has 2 aromatic heterocycles. The second kappa shape index (κ2) is 12.5. The number of para-hydroxylation sites is 2. The van der Waals surface area contributed by atoms with E-state index in [1.807, 2.05) is 60.7 Å². The number of nitrogens with zero attached hydrogens (tertiary/aromatic N) is 2. The van der Waals surface area contributed by atoms with Crippen molar-refractivity contribution in [1.29, 1.82) is 0 Å². The number of carbonyl (C=O) groups excluding carboxylic acids is 2. The molecule has 1 unspecified atom stereocenters. The molecule has 9 nitrogen and oxygen atoms in total. The van der Waals surface area contributed by atoms with E-state index in [-0.39, 0.29) is 23.5 Å². The first kappa shape index (κ1) is 27.6. The van der Waals surface area contributed by atoms with Gasteiger partial charge in [-0.05, 0) is 67.9 Å². The van der Waals surface area contributed by atoms with Gasteiger partial charge in [-0.25, -0.2) is 9.78 Å². The lowest BCUT2D eigenvalue weighted by Crippen LogP contribution is -2.31. The van der Waals surface area contributed by atoms with Gasteiger partial charge in [-0.2, -0.15) is 0 Å². The maximum absolute atomic E-state index is 13.4. The first-order valence-corrected chi connectivity index (χ1v) is 13.7. The van der Waals surface area contributed by atoms with Crippen LogP contribution < -0.4 is 20.3 Å². The number of anilines is 1. The first-order chi connectivity index (χ1) is 19.9. The van der Waals surface area contributed by atoms with Gasteiger partial charge in [0, 0.05) is 5.69 Å². The molecule has 0 spiro atoms. The highest BCUT2D eigenvalue weighted by molar-refractivity contribution is 7.20. The van der Waals surface area contributed by atoms with Crippen LogP contribution in [0.1, 0.15) is 28.2 Å². The van der Waals surface area contributed by atoms with E-state index in [0.717, 1.165) is 11.3 Å². The Labute approximate surface area is 240 Å². The summed E-state index contributed by atoms with van der Waals surface area (Å²) in [6.45, 7) is 3.53. The van der Waals surface area contributed by atoms with Gasteiger partial charge in [0.05, 0.1) is 11.7 Å². The molecule has 10 heteroatoms. The van der Waals surface area contributed by atoms with Crippen molar-refractivity contribution >= 4 is 39.1 Å². The van der Waals surface area contributed by atoms with Crippen molar-refractivity contribution in [3.05, 3.63) is 112 Å². The number of fused-ring (bicyclic) bond motifs is 1. The number of esters is 1. The minimum Gasteiger partial charge on any atom is -0.490 e. The molecule has 41 heavy (non-hydrogen) atoms. The minimum atomic E-state index is -0.857. The molecule has 0 saturated heterocycles. The fraction of sp³-hybridized carbons (Fsp3) is 0.161. The number of aryl methyl sites for hydroxylation is 1. The van der Waals surface area contributed by atoms with Crippen molar-refractivity contribution in [2.24, 2.45) is 0 Å². The maximum atomic E-state index is 13.4. The van der Waals surface area contributed by atoms with E-state index < -0.39 is 23.5 Å². The second-order valence-electron chi connectivity index (χ2n) is 9.10. The van der Waals surface area contributed by atoms with Gasteiger partial charge in [-0.15, -0.1) is 11.3 Å². The Bertz CT molecular complexity index is 1720. The molecule has 0 radical (unpaired) electrons. The van der Waals surface area contributed by atoms with Crippen LogP contribution in [0.2, 0.25) is 0 Å². The van der Waals surface area contributed by atoms with Crippen molar-refractivity contribution < 1.29 is 23.8 Å². The zero-order chi connectivity index (χ0) is 28.8. The SMILES string of the molecule is Cc1c(C(=O)OCCOc2ccccc2)sc2ncn(C(C)C(=O)Nc3ccc(Oc4ccccc4)cc3)c(=O)c12. The molecular weight excluding hydrogens is 542 g/mol. The number of amides is 1. The monoisotopic (exact) mass is 569 g/mol. The molecule has 3 aromatic carbocycles. The quantitative estimate of drug-likeness (QED) is 0.162. The van der Waals surface area contributed by atoms with Crippen LogP contribution in [0.5, 0.6) is 17.2 Å². The van der Waals surface area contributed by atoms with Crippen molar-refractivity contribution in [1.82, 2.24) is 9.55 Å². The highest BCUT2D eigenvalue weighted by atomic mass is 32.1. The van der Waals surface area contributed by atoms with Gasteiger partial charge in [0.2, 0.25) is 5.91 Å². The van der Waals surface area contributed by atoms with Gasteiger partial charge >= 0.3 is 5.97 Å². The van der Waals surface area contributed by atoms with Crippen LogP contribution in [0.25, 0.3) is 10.2 Å². The third kappa shape index (κ3) is 6.44. The highest BCUT2D eigenvalue weighted by Crippen LogP contribution is 2.28. The molecule has 5 rings (SSSR count). The highest BCUT2D eigenvalue weighted by Gasteiger charge is 2.23. The molecule has 2 heterocycles. The van der Waals surface area contributed by atoms with E-state index in [1.165, 1.54) is 10.9 Å². The number of hydrogen-bond donors (Lipinski definition) is 1. The summed E-state index contributed by atoms with van der Waals surface area (Å²) in [6.07, 6.45) is 1.32. The van der Waals surface area contributed by atoms with Gasteiger partial charge in [-0.3, -0.25) is 14.2 Å². The lowest BCUT2D eigenvalue weighted by atomic mass is 10.2. The Kier molecular flexibility index (Phi) is 8.40. The maximum Gasteiger partial charge on any atom is 0.348 e. The van der Waals surface area contributed by atoms with Gasteiger partial charge in [-0.1, -0.05) is 36.4 Å². The summed E-state index contributed by atoms with van der Waals surface area (Å²) in [5.41, 5.74) is 0.606. The van der Waals surface area contributed by atoms with Crippen LogP contribution >= 0.6 is 11.3 Å². The molecule has 0 aliphatic rings. The molecule has 0 bridgehead atoms. The molecule has 0 aliphatic carbocycles. The lowest BCUT2D eigenvalue weighted by Gasteiger charge is -2.15. The van der Waals surface area contributed by atoms with Crippen molar-refractivity contribution in [3.63, 3.8) is 0 Å². The van der Waals surface area contributed by atoms with E-state index in [4.69, 9.17) is 14.2 Å². The summed E-state index contributed by atoms with van der Waals surface area (Å²) in [7, 11) is 0. The van der Waals surface area contributed by atoms with E-state index >= 15 is 0 Å². The Balaban J connectivity index is 1.23. The van der Waals surface area contributed by atoms with E-state index in [2.05, 4.69) is 10.3 Å². The molecule has 1 amide bonds. The fourth-order valence-corrected chi connectivity index (χ4v) is 5.12. The summed E-state index contributed by atoms with van der Waals surface area (Å²) in [5, 5.41) is 3.10. The molecule has 1 atom stereocenters. The van der Waals surface area contributed by atoms with Crippen LogP contribution in [0, 0.1) is 6.92 Å². The predicted octanol–water partition coefficient (Wildman–Crippen LogP) is 5.99. The fourth-order valence-electron chi connectivity index (χ4n) is 4.09. The average molecular weight is 570 g/mol. The smallest absolute Gasteiger partial charge is 0.348 e. The summed E-state index contributed by atoms with van der Waals surface area (Å²) in [6, 6.07) is 24.7. The van der Waals surface area contributed by atoms with Gasteiger partial charge in [0.1, 0.15) is 46.2 Å². The summed E-state index contributed by atoms with van der Waals surface area (Å²) >= 11 is 1.08. The third-order valence-corrected chi connectivity index (χ3v) is 7.47. The van der Waals surface area contributed by atoms with Crippen molar-refractivity contribution in [2.75, 3.05) is 18.5 Å². The number of nitrogens with one attached hydrogen (secondary N) is 1. The molecule has 208 valence electrons. The van der Waals surface area contributed by atoms with Crippen LogP contribution in [0.3, 0.4) is 0 Å². The number of hydrogen-bond acceptors (Lipinski definition) is 8. The number of carbonyl (C=O) groups is 2. The van der Waals surface area contributed by atoms with Crippen LogP contribution in [0.15, 0.2) is 96.1 Å². The van der Waals surface area contributed by atoms with Gasteiger partial charge in [0.15, 0.2) is 0 Å². The standard InChI is InChI=1S/C31H27N3O6S/c1-20-26-29(41-27(20)31(37)39-18-17-38-23-9-5-3-6-10-23)32-19-34(30(26)36)21(2)28(35)33-22-13-15-25(16-14-22)40-24-11-7-4-8-12-24/h3-16,19,21H,17-18H2,1-2H3,(H,33,35). The average Bonchev–Trinajstić information content (AvgIpc) is 3.34. The third-order valence-electron chi connectivity index (χ3n) is 6.29. The number of rotatable bonds is 10. The largest absolute Gasteiger partial charge is 0.490 e.